The van der Waals surface area contributed by atoms with Crippen molar-refractivity contribution in [2.75, 3.05) is 11.1 Å². The summed E-state index contributed by atoms with van der Waals surface area (Å²) in [5, 5.41) is 20.6. The Balaban J connectivity index is 2.08. The fourth-order valence-corrected chi connectivity index (χ4v) is 1.58. The summed E-state index contributed by atoms with van der Waals surface area (Å²) >= 11 is 0. The zero-order valence-electron chi connectivity index (χ0n) is 10.1. The van der Waals surface area contributed by atoms with Crippen LogP contribution < -0.4 is 16.5 Å². The number of amides is 1. The van der Waals surface area contributed by atoms with Gasteiger partial charge in [0.1, 0.15) is 0 Å². The van der Waals surface area contributed by atoms with E-state index in [1.165, 1.54) is 12.1 Å². The van der Waals surface area contributed by atoms with E-state index in [2.05, 4.69) is 5.32 Å². The fourth-order valence-electron chi connectivity index (χ4n) is 1.58. The van der Waals surface area contributed by atoms with Crippen LogP contribution in [0.5, 0.6) is 0 Å². The van der Waals surface area contributed by atoms with Gasteiger partial charge in [-0.05, 0) is 41.9 Å². The molecule has 0 atom stereocenters. The summed E-state index contributed by atoms with van der Waals surface area (Å²) in [6.45, 7) is 0. The highest BCUT2D eigenvalue weighted by Gasteiger charge is 2.10. The van der Waals surface area contributed by atoms with Crippen molar-refractivity contribution in [2.45, 2.75) is 0 Å². The molecule has 19 heavy (non-hydrogen) atoms. The van der Waals surface area contributed by atoms with Crippen LogP contribution in [-0.4, -0.2) is 23.1 Å². The van der Waals surface area contributed by atoms with Gasteiger partial charge >= 0.3 is 7.12 Å². The highest BCUT2D eigenvalue weighted by molar-refractivity contribution is 6.58. The average molecular weight is 256 g/mol. The van der Waals surface area contributed by atoms with Crippen LogP contribution in [0.25, 0.3) is 0 Å². The maximum absolute atomic E-state index is 11.9. The molecule has 96 valence electrons. The summed E-state index contributed by atoms with van der Waals surface area (Å²) in [5.74, 6) is -0.253. The van der Waals surface area contributed by atoms with E-state index in [0.29, 0.717) is 22.4 Å². The van der Waals surface area contributed by atoms with Gasteiger partial charge in [0.25, 0.3) is 5.91 Å². The van der Waals surface area contributed by atoms with Gasteiger partial charge in [-0.15, -0.1) is 0 Å². The van der Waals surface area contributed by atoms with E-state index in [4.69, 9.17) is 15.8 Å². The molecule has 5 nitrogen and oxygen atoms in total. The Kier molecular flexibility index (Phi) is 3.84. The summed E-state index contributed by atoms with van der Waals surface area (Å²) in [7, 11) is -1.51. The number of hydrogen-bond donors (Lipinski definition) is 4. The number of hydrogen-bond acceptors (Lipinski definition) is 4. The van der Waals surface area contributed by atoms with Crippen LogP contribution in [0.4, 0.5) is 11.4 Å². The Morgan fingerprint density at radius 2 is 1.58 bits per heavy atom. The van der Waals surface area contributed by atoms with E-state index in [0.717, 1.165) is 0 Å². The van der Waals surface area contributed by atoms with Crippen molar-refractivity contribution in [2.24, 2.45) is 0 Å². The molecule has 5 N–H and O–H groups in total. The molecule has 2 rings (SSSR count). The minimum atomic E-state index is -1.51. The van der Waals surface area contributed by atoms with Crippen molar-refractivity contribution in [1.82, 2.24) is 0 Å². The van der Waals surface area contributed by atoms with Crippen molar-refractivity contribution in [3.63, 3.8) is 0 Å². The smallest absolute Gasteiger partial charge is 0.423 e. The first-order valence-electron chi connectivity index (χ1n) is 5.69. The zero-order chi connectivity index (χ0) is 13.8. The number of carbonyl (C=O) groups excluding carboxylic acids is 1. The maximum Gasteiger partial charge on any atom is 0.488 e. The van der Waals surface area contributed by atoms with Gasteiger partial charge in [0.2, 0.25) is 0 Å². The molecule has 0 aromatic heterocycles. The Labute approximate surface area is 110 Å². The summed E-state index contributed by atoms with van der Waals surface area (Å²) < 4.78 is 0. The van der Waals surface area contributed by atoms with Gasteiger partial charge in [-0.2, -0.15) is 0 Å². The third-order valence-electron chi connectivity index (χ3n) is 2.64. The zero-order valence-corrected chi connectivity index (χ0v) is 10.1. The van der Waals surface area contributed by atoms with Crippen LogP contribution in [0, 0.1) is 0 Å². The molecule has 2 aromatic carbocycles. The molecule has 0 aliphatic carbocycles. The summed E-state index contributed by atoms with van der Waals surface area (Å²) in [6, 6.07) is 12.8. The van der Waals surface area contributed by atoms with E-state index in [1.54, 1.807) is 36.4 Å². The van der Waals surface area contributed by atoms with E-state index in [9.17, 15) is 4.79 Å². The number of benzene rings is 2. The van der Waals surface area contributed by atoms with Gasteiger partial charge in [0, 0.05) is 16.9 Å². The van der Waals surface area contributed by atoms with Gasteiger partial charge < -0.3 is 21.1 Å². The van der Waals surface area contributed by atoms with Crippen molar-refractivity contribution in [1.29, 1.82) is 0 Å². The Morgan fingerprint density at radius 3 is 2.11 bits per heavy atom. The molecule has 0 spiro atoms. The van der Waals surface area contributed by atoms with Crippen molar-refractivity contribution < 1.29 is 14.8 Å². The summed E-state index contributed by atoms with van der Waals surface area (Å²) in [5.41, 5.74) is 7.58. The highest BCUT2D eigenvalue weighted by Crippen LogP contribution is 2.10. The van der Waals surface area contributed by atoms with Gasteiger partial charge in [-0.3, -0.25) is 4.79 Å². The number of nitrogens with two attached hydrogens (primary N) is 1. The van der Waals surface area contributed by atoms with Gasteiger partial charge in [0.15, 0.2) is 0 Å². The lowest BCUT2D eigenvalue weighted by Gasteiger charge is -2.06. The molecule has 0 aliphatic heterocycles. The van der Waals surface area contributed by atoms with Crippen LogP contribution in [0.1, 0.15) is 10.4 Å². The van der Waals surface area contributed by atoms with Gasteiger partial charge in [-0.1, -0.05) is 12.1 Å². The summed E-state index contributed by atoms with van der Waals surface area (Å²) in [4.78, 5) is 11.9. The van der Waals surface area contributed by atoms with Gasteiger partial charge in [-0.25, -0.2) is 0 Å². The normalized spacial score (nSPS) is 10.0. The first-order valence-corrected chi connectivity index (χ1v) is 5.69. The summed E-state index contributed by atoms with van der Waals surface area (Å²) in [6.07, 6.45) is 0. The van der Waals surface area contributed by atoms with Crippen molar-refractivity contribution in [3.8, 4) is 0 Å². The first kappa shape index (κ1) is 13.1. The third-order valence-corrected chi connectivity index (χ3v) is 2.64. The number of rotatable bonds is 3. The second kappa shape index (κ2) is 5.56. The SMILES string of the molecule is Nc1ccc(C(=O)Nc2ccc(B(O)O)cc2)cc1. The quantitative estimate of drug-likeness (QED) is 0.466. The molecular formula is C13H13BN2O3. The van der Waals surface area contributed by atoms with E-state index in [-0.39, 0.29) is 5.91 Å². The second-order valence-corrected chi connectivity index (χ2v) is 4.07. The molecule has 0 aliphatic rings. The average Bonchev–Trinajstić information content (AvgIpc) is 2.40. The maximum atomic E-state index is 11.9. The van der Waals surface area contributed by atoms with Crippen LogP contribution >= 0.6 is 0 Å². The monoisotopic (exact) mass is 256 g/mol. The van der Waals surface area contributed by atoms with Crippen LogP contribution in [0.3, 0.4) is 0 Å². The minimum absolute atomic E-state index is 0.253. The lowest BCUT2D eigenvalue weighted by molar-refractivity contribution is 0.102. The van der Waals surface area contributed by atoms with Crippen LogP contribution in [0.15, 0.2) is 48.5 Å². The fraction of sp³-hybridized carbons (Fsp3) is 0. The second-order valence-electron chi connectivity index (χ2n) is 4.07. The van der Waals surface area contributed by atoms with Gasteiger partial charge in [0.05, 0.1) is 0 Å². The lowest BCUT2D eigenvalue weighted by atomic mass is 9.80. The van der Waals surface area contributed by atoms with E-state index in [1.807, 2.05) is 0 Å². The highest BCUT2D eigenvalue weighted by atomic mass is 16.4. The largest absolute Gasteiger partial charge is 0.488 e. The Hall–Kier alpha value is -2.31. The molecule has 0 heterocycles. The number of carbonyl (C=O) groups is 1. The third kappa shape index (κ3) is 3.34. The molecule has 0 saturated heterocycles. The molecule has 0 saturated carbocycles. The molecule has 0 bridgehead atoms. The molecule has 6 heteroatoms. The Morgan fingerprint density at radius 1 is 1.00 bits per heavy atom. The van der Waals surface area contributed by atoms with E-state index >= 15 is 0 Å². The van der Waals surface area contributed by atoms with Crippen LogP contribution in [-0.2, 0) is 0 Å². The topological polar surface area (TPSA) is 95.6 Å². The molecule has 2 aromatic rings. The standard InChI is InChI=1S/C13H13BN2O3/c15-11-5-1-9(2-6-11)13(17)16-12-7-3-10(4-8-12)14(18)19/h1-8,18-19H,15H2,(H,16,17). The molecule has 1 amide bonds. The molecule has 0 radical (unpaired) electrons. The number of anilines is 2. The minimum Gasteiger partial charge on any atom is -0.423 e. The number of nitrogen functional groups attached to an aromatic ring is 1. The Bertz CT molecular complexity index is 567. The van der Waals surface area contributed by atoms with Crippen LogP contribution in [0.2, 0.25) is 0 Å². The van der Waals surface area contributed by atoms with Crippen molar-refractivity contribution in [3.05, 3.63) is 54.1 Å². The van der Waals surface area contributed by atoms with E-state index < -0.39 is 7.12 Å². The predicted molar refractivity (Wildman–Crippen MR) is 75.1 cm³/mol. The predicted octanol–water partition coefficient (Wildman–Crippen LogP) is 0.201. The molecule has 0 fully saturated rings. The number of nitrogens with one attached hydrogen (secondary N) is 1. The lowest BCUT2D eigenvalue weighted by Crippen LogP contribution is -2.29. The first-order chi connectivity index (χ1) is 9.06. The van der Waals surface area contributed by atoms with Crippen molar-refractivity contribution >= 4 is 29.9 Å². The molecule has 0 unspecified atom stereocenters. The molecular weight excluding hydrogens is 243 g/mol.